The van der Waals surface area contributed by atoms with Gasteiger partial charge in [-0.05, 0) is 47.0 Å². The molecule has 0 saturated heterocycles. The topological polar surface area (TPSA) is 55.1 Å². The van der Waals surface area contributed by atoms with Crippen molar-refractivity contribution in [1.29, 1.82) is 0 Å². The number of hydrogen-bond donors (Lipinski definition) is 2. The van der Waals surface area contributed by atoms with Gasteiger partial charge in [-0.25, -0.2) is 0 Å². The standard InChI is InChI=1S/C12H14BrClN2O/c13-9-5-4-7(14)6-11(9)16-12(17)8-2-1-3-10(8)15/h4-6,8,10H,1-3,15H2,(H,16,17). The van der Waals surface area contributed by atoms with Gasteiger partial charge in [-0.15, -0.1) is 0 Å². The lowest BCUT2D eigenvalue weighted by molar-refractivity contribution is -0.120. The van der Waals surface area contributed by atoms with Crippen LogP contribution in [0.5, 0.6) is 0 Å². The lowest BCUT2D eigenvalue weighted by Gasteiger charge is -2.16. The van der Waals surface area contributed by atoms with Gasteiger partial charge in [0.25, 0.3) is 0 Å². The third-order valence-corrected chi connectivity index (χ3v) is 4.02. The highest BCUT2D eigenvalue weighted by atomic mass is 79.9. The normalized spacial score (nSPS) is 23.7. The second kappa shape index (κ2) is 5.38. The summed E-state index contributed by atoms with van der Waals surface area (Å²) < 4.78 is 0.821. The number of amides is 1. The maximum absolute atomic E-state index is 12.0. The smallest absolute Gasteiger partial charge is 0.229 e. The van der Waals surface area contributed by atoms with E-state index in [2.05, 4.69) is 21.2 Å². The van der Waals surface area contributed by atoms with E-state index in [-0.39, 0.29) is 17.9 Å². The Morgan fingerprint density at radius 1 is 1.47 bits per heavy atom. The number of rotatable bonds is 2. The van der Waals surface area contributed by atoms with Crippen LogP contribution in [0.4, 0.5) is 5.69 Å². The summed E-state index contributed by atoms with van der Waals surface area (Å²) in [6.07, 6.45) is 2.82. The zero-order valence-electron chi connectivity index (χ0n) is 9.25. The maximum Gasteiger partial charge on any atom is 0.229 e. The minimum Gasteiger partial charge on any atom is -0.327 e. The van der Waals surface area contributed by atoms with E-state index >= 15 is 0 Å². The molecular formula is C12H14BrClN2O. The lowest BCUT2D eigenvalue weighted by atomic mass is 10.0. The first-order valence-electron chi connectivity index (χ1n) is 5.59. The van der Waals surface area contributed by atoms with E-state index in [0.29, 0.717) is 10.7 Å². The molecule has 1 aromatic rings. The third-order valence-electron chi connectivity index (χ3n) is 3.09. The van der Waals surface area contributed by atoms with Crippen LogP contribution < -0.4 is 11.1 Å². The van der Waals surface area contributed by atoms with Crippen LogP contribution in [-0.4, -0.2) is 11.9 Å². The molecule has 1 aliphatic rings. The van der Waals surface area contributed by atoms with Gasteiger partial charge < -0.3 is 11.1 Å². The Morgan fingerprint density at radius 3 is 2.88 bits per heavy atom. The van der Waals surface area contributed by atoms with E-state index < -0.39 is 0 Å². The van der Waals surface area contributed by atoms with Gasteiger partial charge in [-0.3, -0.25) is 4.79 Å². The summed E-state index contributed by atoms with van der Waals surface area (Å²) in [6, 6.07) is 5.28. The van der Waals surface area contributed by atoms with Crippen molar-refractivity contribution in [3.8, 4) is 0 Å². The number of hydrogen-bond acceptors (Lipinski definition) is 2. The third kappa shape index (κ3) is 3.00. The molecule has 0 spiro atoms. The van der Waals surface area contributed by atoms with E-state index in [9.17, 15) is 4.79 Å². The van der Waals surface area contributed by atoms with Gasteiger partial charge in [-0.2, -0.15) is 0 Å². The summed E-state index contributed by atoms with van der Waals surface area (Å²) in [4.78, 5) is 12.0. The first kappa shape index (κ1) is 12.9. The molecule has 2 atom stereocenters. The molecule has 3 nitrogen and oxygen atoms in total. The summed E-state index contributed by atoms with van der Waals surface area (Å²) in [7, 11) is 0. The summed E-state index contributed by atoms with van der Waals surface area (Å²) in [6.45, 7) is 0. The van der Waals surface area contributed by atoms with Gasteiger partial charge in [0, 0.05) is 15.5 Å². The number of benzene rings is 1. The number of nitrogens with two attached hydrogens (primary N) is 1. The summed E-state index contributed by atoms with van der Waals surface area (Å²) in [5.41, 5.74) is 6.60. The van der Waals surface area contributed by atoms with E-state index in [1.165, 1.54) is 0 Å². The van der Waals surface area contributed by atoms with Gasteiger partial charge in [0.15, 0.2) is 0 Å². The SMILES string of the molecule is NC1CCCC1C(=O)Nc1cc(Cl)ccc1Br. The van der Waals surface area contributed by atoms with E-state index in [0.717, 1.165) is 23.7 Å². The average Bonchev–Trinajstić information content (AvgIpc) is 2.70. The number of nitrogens with one attached hydrogen (secondary N) is 1. The fourth-order valence-electron chi connectivity index (χ4n) is 2.13. The number of anilines is 1. The molecule has 2 rings (SSSR count). The lowest BCUT2D eigenvalue weighted by Crippen LogP contribution is -2.34. The highest BCUT2D eigenvalue weighted by molar-refractivity contribution is 9.10. The van der Waals surface area contributed by atoms with Gasteiger partial charge in [0.1, 0.15) is 0 Å². The molecule has 1 aliphatic carbocycles. The van der Waals surface area contributed by atoms with E-state index in [4.69, 9.17) is 17.3 Å². The van der Waals surface area contributed by atoms with Crippen LogP contribution in [0.15, 0.2) is 22.7 Å². The van der Waals surface area contributed by atoms with E-state index in [1.807, 2.05) is 6.07 Å². The molecule has 1 fully saturated rings. The van der Waals surface area contributed by atoms with Crippen molar-refractivity contribution in [2.45, 2.75) is 25.3 Å². The summed E-state index contributed by atoms with van der Waals surface area (Å²) in [5, 5.41) is 3.47. The highest BCUT2D eigenvalue weighted by Crippen LogP contribution is 2.29. The molecular weight excluding hydrogens is 304 g/mol. The van der Waals surface area contributed by atoms with Crippen LogP contribution >= 0.6 is 27.5 Å². The van der Waals surface area contributed by atoms with Crippen molar-refractivity contribution in [2.75, 3.05) is 5.32 Å². The zero-order chi connectivity index (χ0) is 12.4. The van der Waals surface area contributed by atoms with Crippen molar-refractivity contribution in [3.05, 3.63) is 27.7 Å². The number of carbonyl (C=O) groups is 1. The van der Waals surface area contributed by atoms with Crippen LogP contribution in [0.25, 0.3) is 0 Å². The Hall–Kier alpha value is -0.580. The van der Waals surface area contributed by atoms with Crippen LogP contribution in [0.3, 0.4) is 0 Å². The van der Waals surface area contributed by atoms with Gasteiger partial charge in [0.2, 0.25) is 5.91 Å². The molecule has 1 aromatic carbocycles. The van der Waals surface area contributed by atoms with Gasteiger partial charge >= 0.3 is 0 Å². The predicted molar refractivity (Wildman–Crippen MR) is 73.1 cm³/mol. The van der Waals surface area contributed by atoms with Gasteiger partial charge in [-0.1, -0.05) is 18.0 Å². The predicted octanol–water partition coefficient (Wildman–Crippen LogP) is 3.17. The van der Waals surface area contributed by atoms with Crippen LogP contribution in [0, 0.1) is 5.92 Å². The van der Waals surface area contributed by atoms with Crippen molar-refractivity contribution < 1.29 is 4.79 Å². The molecule has 92 valence electrons. The molecule has 0 heterocycles. The quantitative estimate of drug-likeness (QED) is 0.880. The molecule has 3 N–H and O–H groups in total. The highest BCUT2D eigenvalue weighted by Gasteiger charge is 2.30. The fourth-order valence-corrected chi connectivity index (χ4v) is 2.65. The maximum atomic E-state index is 12.0. The second-order valence-electron chi connectivity index (χ2n) is 4.31. The fraction of sp³-hybridized carbons (Fsp3) is 0.417. The molecule has 0 radical (unpaired) electrons. The zero-order valence-corrected chi connectivity index (χ0v) is 11.6. The van der Waals surface area contributed by atoms with Crippen LogP contribution in [0.2, 0.25) is 5.02 Å². The Morgan fingerprint density at radius 2 is 2.24 bits per heavy atom. The Balaban J connectivity index is 2.10. The minimum absolute atomic E-state index is 0.0158. The summed E-state index contributed by atoms with van der Waals surface area (Å²) >= 11 is 9.27. The van der Waals surface area contributed by atoms with Gasteiger partial charge in [0.05, 0.1) is 11.6 Å². The Labute approximate surface area is 114 Å². The molecule has 0 bridgehead atoms. The van der Waals surface area contributed by atoms with E-state index in [1.54, 1.807) is 12.1 Å². The van der Waals surface area contributed by atoms with Crippen molar-refractivity contribution in [3.63, 3.8) is 0 Å². The average molecular weight is 318 g/mol. The minimum atomic E-state index is -0.0825. The van der Waals surface area contributed by atoms with Crippen molar-refractivity contribution in [1.82, 2.24) is 0 Å². The molecule has 5 heteroatoms. The number of carbonyl (C=O) groups excluding carboxylic acids is 1. The Kier molecular flexibility index (Phi) is 4.07. The van der Waals surface area contributed by atoms with Crippen molar-refractivity contribution in [2.24, 2.45) is 11.7 Å². The summed E-state index contributed by atoms with van der Waals surface area (Å²) in [5.74, 6) is -0.0983. The largest absolute Gasteiger partial charge is 0.327 e. The molecule has 0 aromatic heterocycles. The van der Waals surface area contributed by atoms with Crippen LogP contribution in [-0.2, 0) is 4.79 Å². The first-order chi connectivity index (χ1) is 8.08. The molecule has 17 heavy (non-hydrogen) atoms. The first-order valence-corrected chi connectivity index (χ1v) is 6.76. The monoisotopic (exact) mass is 316 g/mol. The Bertz CT molecular complexity index is 439. The van der Waals surface area contributed by atoms with Crippen molar-refractivity contribution >= 4 is 39.1 Å². The van der Waals surface area contributed by atoms with Crippen LogP contribution in [0.1, 0.15) is 19.3 Å². The molecule has 1 saturated carbocycles. The molecule has 2 unspecified atom stereocenters. The second-order valence-corrected chi connectivity index (χ2v) is 5.61. The number of halogens is 2. The molecule has 1 amide bonds. The molecule has 0 aliphatic heterocycles.